The van der Waals surface area contributed by atoms with Gasteiger partial charge in [0.15, 0.2) is 0 Å². The van der Waals surface area contributed by atoms with Crippen molar-refractivity contribution in [2.45, 2.75) is 52.0 Å². The number of benzene rings is 1. The maximum absolute atomic E-state index is 12.3. The Morgan fingerprint density at radius 3 is 2.85 bits per heavy atom. The molecule has 0 aliphatic carbocycles. The number of unbranched alkanes of at least 4 members (excludes halogenated alkanes) is 2. The van der Waals surface area contributed by atoms with Gasteiger partial charge in [-0.25, -0.2) is 0 Å². The third-order valence-corrected chi connectivity index (χ3v) is 4.42. The molecule has 1 aliphatic rings. The van der Waals surface area contributed by atoms with Crippen molar-refractivity contribution in [3.05, 3.63) is 29.8 Å². The molecule has 0 amide bonds. The monoisotopic (exact) mass is 275 g/mol. The van der Waals surface area contributed by atoms with Crippen LogP contribution in [0.3, 0.4) is 0 Å². The standard InChI is InChI=1S/C17H25NO2/c1-4-5-6-11-15-17(2,16(19)20-3)12-13-9-7-8-10-14(13)18-15/h7-10,15,18H,4-6,11-12H2,1-3H3/t15-,17-/m0/s1. The first-order valence-electron chi connectivity index (χ1n) is 7.54. The molecule has 0 bridgehead atoms. The maximum Gasteiger partial charge on any atom is 0.313 e. The zero-order valence-corrected chi connectivity index (χ0v) is 12.7. The number of carbonyl (C=O) groups excluding carboxylic acids is 1. The molecule has 1 aromatic carbocycles. The zero-order chi connectivity index (χ0) is 14.6. The minimum atomic E-state index is -0.475. The summed E-state index contributed by atoms with van der Waals surface area (Å²) in [6, 6.07) is 8.40. The van der Waals surface area contributed by atoms with Gasteiger partial charge in [0.2, 0.25) is 0 Å². The van der Waals surface area contributed by atoms with Crippen molar-refractivity contribution in [1.82, 2.24) is 0 Å². The maximum atomic E-state index is 12.3. The third kappa shape index (κ3) is 2.82. The quantitative estimate of drug-likeness (QED) is 0.656. The van der Waals surface area contributed by atoms with Gasteiger partial charge < -0.3 is 10.1 Å². The first kappa shape index (κ1) is 14.9. The van der Waals surface area contributed by atoms with Gasteiger partial charge in [-0.2, -0.15) is 0 Å². The second-order valence-corrected chi connectivity index (χ2v) is 5.94. The van der Waals surface area contributed by atoms with Gasteiger partial charge in [0.05, 0.1) is 12.5 Å². The molecule has 1 aromatic rings. The van der Waals surface area contributed by atoms with Crippen LogP contribution in [0.5, 0.6) is 0 Å². The highest BCUT2D eigenvalue weighted by molar-refractivity contribution is 5.80. The van der Waals surface area contributed by atoms with E-state index in [4.69, 9.17) is 4.74 Å². The highest BCUT2D eigenvalue weighted by atomic mass is 16.5. The van der Waals surface area contributed by atoms with E-state index in [1.165, 1.54) is 25.5 Å². The van der Waals surface area contributed by atoms with E-state index in [1.54, 1.807) is 0 Å². The van der Waals surface area contributed by atoms with Crippen LogP contribution < -0.4 is 5.32 Å². The molecule has 110 valence electrons. The lowest BCUT2D eigenvalue weighted by Crippen LogP contribution is -2.49. The lowest BCUT2D eigenvalue weighted by Gasteiger charge is -2.41. The van der Waals surface area contributed by atoms with E-state index in [-0.39, 0.29) is 12.0 Å². The van der Waals surface area contributed by atoms with Crippen molar-refractivity contribution < 1.29 is 9.53 Å². The van der Waals surface area contributed by atoms with Crippen molar-refractivity contribution in [3.8, 4) is 0 Å². The van der Waals surface area contributed by atoms with E-state index in [2.05, 4.69) is 24.4 Å². The van der Waals surface area contributed by atoms with Crippen molar-refractivity contribution >= 4 is 11.7 Å². The van der Waals surface area contributed by atoms with Crippen molar-refractivity contribution in [2.75, 3.05) is 12.4 Å². The van der Waals surface area contributed by atoms with E-state index in [0.29, 0.717) is 0 Å². The number of methoxy groups -OCH3 is 1. The Kier molecular flexibility index (Phi) is 4.69. The fourth-order valence-electron chi connectivity index (χ4n) is 3.12. The van der Waals surface area contributed by atoms with E-state index in [1.807, 2.05) is 19.1 Å². The molecule has 20 heavy (non-hydrogen) atoms. The Morgan fingerprint density at radius 2 is 2.15 bits per heavy atom. The number of esters is 1. The van der Waals surface area contributed by atoms with Crippen LogP contribution >= 0.6 is 0 Å². The van der Waals surface area contributed by atoms with Gasteiger partial charge >= 0.3 is 5.97 Å². The van der Waals surface area contributed by atoms with Gasteiger partial charge in [-0.3, -0.25) is 4.79 Å². The van der Waals surface area contributed by atoms with Crippen LogP contribution in [0.25, 0.3) is 0 Å². The molecule has 0 radical (unpaired) electrons. The molecular formula is C17H25NO2. The molecule has 1 heterocycles. The van der Waals surface area contributed by atoms with Crippen molar-refractivity contribution in [2.24, 2.45) is 5.41 Å². The van der Waals surface area contributed by atoms with Crippen LogP contribution in [0, 0.1) is 5.41 Å². The molecule has 2 atom stereocenters. The van der Waals surface area contributed by atoms with Crippen LogP contribution in [0.15, 0.2) is 24.3 Å². The summed E-state index contributed by atoms with van der Waals surface area (Å²) in [5, 5.41) is 3.56. The number of ether oxygens (including phenoxy) is 1. The van der Waals surface area contributed by atoms with Gasteiger partial charge in [-0.15, -0.1) is 0 Å². The fraction of sp³-hybridized carbons (Fsp3) is 0.588. The smallest absolute Gasteiger partial charge is 0.313 e. The van der Waals surface area contributed by atoms with Crippen LogP contribution in [0.4, 0.5) is 5.69 Å². The summed E-state index contributed by atoms with van der Waals surface area (Å²) < 4.78 is 5.07. The average Bonchev–Trinajstić information content (AvgIpc) is 2.47. The third-order valence-electron chi connectivity index (χ3n) is 4.42. The van der Waals surface area contributed by atoms with Crippen LogP contribution in [0.1, 0.15) is 45.1 Å². The van der Waals surface area contributed by atoms with E-state index < -0.39 is 5.41 Å². The molecule has 0 saturated heterocycles. The number of nitrogens with one attached hydrogen (secondary N) is 1. The van der Waals surface area contributed by atoms with Crippen LogP contribution in [0.2, 0.25) is 0 Å². The van der Waals surface area contributed by atoms with E-state index >= 15 is 0 Å². The van der Waals surface area contributed by atoms with Gasteiger partial charge in [0.1, 0.15) is 0 Å². The number of hydrogen-bond donors (Lipinski definition) is 1. The van der Waals surface area contributed by atoms with Gasteiger partial charge in [-0.05, 0) is 31.4 Å². The lowest BCUT2D eigenvalue weighted by atomic mass is 9.72. The first-order chi connectivity index (χ1) is 9.61. The van der Waals surface area contributed by atoms with Crippen molar-refractivity contribution in [3.63, 3.8) is 0 Å². The highest BCUT2D eigenvalue weighted by Gasteiger charge is 2.45. The minimum absolute atomic E-state index is 0.110. The molecule has 0 unspecified atom stereocenters. The molecule has 0 fully saturated rings. The molecule has 0 spiro atoms. The predicted molar refractivity (Wildman–Crippen MR) is 81.8 cm³/mol. The SMILES string of the molecule is CCCCC[C@@H]1Nc2ccccc2C[C@]1(C)C(=O)OC. The van der Waals surface area contributed by atoms with E-state index in [0.717, 1.165) is 24.9 Å². The Labute approximate surface area is 121 Å². The molecule has 0 aromatic heterocycles. The predicted octanol–water partition coefficient (Wildman–Crippen LogP) is 3.78. The molecular weight excluding hydrogens is 250 g/mol. The van der Waals surface area contributed by atoms with Gasteiger partial charge in [-0.1, -0.05) is 44.4 Å². The number of rotatable bonds is 5. The van der Waals surface area contributed by atoms with Crippen LogP contribution in [-0.4, -0.2) is 19.1 Å². The zero-order valence-electron chi connectivity index (χ0n) is 12.7. The molecule has 2 rings (SSSR count). The summed E-state index contributed by atoms with van der Waals surface area (Å²) in [6.45, 7) is 4.22. The number of anilines is 1. The first-order valence-corrected chi connectivity index (χ1v) is 7.54. The largest absolute Gasteiger partial charge is 0.469 e. The normalized spacial score (nSPS) is 24.6. The second kappa shape index (κ2) is 6.29. The molecule has 1 aliphatic heterocycles. The molecule has 0 saturated carbocycles. The second-order valence-electron chi connectivity index (χ2n) is 5.94. The Hall–Kier alpha value is -1.51. The average molecular weight is 275 g/mol. The number of fused-ring (bicyclic) bond motifs is 1. The van der Waals surface area contributed by atoms with E-state index in [9.17, 15) is 4.79 Å². The van der Waals surface area contributed by atoms with Crippen molar-refractivity contribution in [1.29, 1.82) is 0 Å². The Morgan fingerprint density at radius 1 is 1.40 bits per heavy atom. The summed E-state index contributed by atoms with van der Waals surface area (Å²) >= 11 is 0. The van der Waals surface area contributed by atoms with Crippen LogP contribution in [-0.2, 0) is 16.0 Å². The summed E-state index contributed by atoms with van der Waals surface area (Å²) in [4.78, 5) is 12.3. The summed E-state index contributed by atoms with van der Waals surface area (Å²) in [7, 11) is 1.48. The van der Waals surface area contributed by atoms with Gasteiger partial charge in [0.25, 0.3) is 0 Å². The molecule has 3 nitrogen and oxygen atoms in total. The summed E-state index contributed by atoms with van der Waals surface area (Å²) in [5.41, 5.74) is 1.89. The Bertz CT molecular complexity index is 472. The number of carbonyl (C=O) groups is 1. The van der Waals surface area contributed by atoms with Gasteiger partial charge in [0, 0.05) is 11.7 Å². The topological polar surface area (TPSA) is 38.3 Å². The fourth-order valence-corrected chi connectivity index (χ4v) is 3.12. The minimum Gasteiger partial charge on any atom is -0.469 e. The summed E-state index contributed by atoms with van der Waals surface area (Å²) in [6.07, 6.45) is 5.30. The molecule has 3 heteroatoms. The number of para-hydroxylation sites is 1. The number of hydrogen-bond acceptors (Lipinski definition) is 3. The Balaban J connectivity index is 2.24. The highest BCUT2D eigenvalue weighted by Crippen LogP contribution is 2.39. The molecule has 1 N–H and O–H groups in total. The lowest BCUT2D eigenvalue weighted by molar-refractivity contribution is -0.153. The summed E-state index contributed by atoms with van der Waals surface area (Å²) in [5.74, 6) is -0.110.